The van der Waals surface area contributed by atoms with Crippen LogP contribution in [0.1, 0.15) is 11.1 Å². The lowest BCUT2D eigenvalue weighted by Crippen LogP contribution is -2.04. The number of ether oxygens (including phenoxy) is 1. The van der Waals surface area contributed by atoms with Gasteiger partial charge in [0.1, 0.15) is 11.5 Å². The fourth-order valence-electron chi connectivity index (χ4n) is 1.85. The first-order valence-electron chi connectivity index (χ1n) is 6.02. The van der Waals surface area contributed by atoms with Gasteiger partial charge >= 0.3 is 0 Å². The second kappa shape index (κ2) is 6.42. The summed E-state index contributed by atoms with van der Waals surface area (Å²) in [5.74, 6) is 1.55. The molecule has 2 aromatic carbocycles. The highest BCUT2D eigenvalue weighted by Crippen LogP contribution is 2.32. The van der Waals surface area contributed by atoms with Crippen LogP contribution < -0.4 is 10.5 Å². The Kier molecular flexibility index (Phi) is 4.86. The topological polar surface area (TPSA) is 35.2 Å². The molecular weight excluding hydrogens is 326 g/mol. The van der Waals surface area contributed by atoms with Crippen molar-refractivity contribution in [3.8, 4) is 11.5 Å². The van der Waals surface area contributed by atoms with Gasteiger partial charge in [-0.2, -0.15) is 0 Å². The second-order valence-electron chi connectivity index (χ2n) is 4.30. The summed E-state index contributed by atoms with van der Waals surface area (Å²) in [6.45, 7) is 2.72. The van der Waals surface area contributed by atoms with Crippen LogP contribution in [0.25, 0.3) is 0 Å². The molecule has 0 atom stereocenters. The molecule has 0 aliphatic heterocycles. The van der Waals surface area contributed by atoms with Gasteiger partial charge in [0, 0.05) is 5.02 Å². The van der Waals surface area contributed by atoms with Gasteiger partial charge in [0.2, 0.25) is 0 Å². The Labute approximate surface area is 126 Å². The zero-order valence-corrected chi connectivity index (χ0v) is 13.0. The summed E-state index contributed by atoms with van der Waals surface area (Å²) in [5.41, 5.74) is 8.02. The van der Waals surface area contributed by atoms with Crippen LogP contribution in [0.5, 0.6) is 11.5 Å². The van der Waals surface area contributed by atoms with Gasteiger partial charge in [0.25, 0.3) is 0 Å². The summed E-state index contributed by atoms with van der Waals surface area (Å²) in [6, 6.07) is 11.5. The van der Waals surface area contributed by atoms with E-state index in [2.05, 4.69) is 28.9 Å². The average molecular weight is 341 g/mol. The van der Waals surface area contributed by atoms with Crippen molar-refractivity contribution in [2.45, 2.75) is 13.3 Å². The van der Waals surface area contributed by atoms with Crippen molar-refractivity contribution in [2.24, 2.45) is 5.73 Å². The number of hydrogen-bond acceptors (Lipinski definition) is 2. The lowest BCUT2D eigenvalue weighted by Gasteiger charge is -2.11. The van der Waals surface area contributed by atoms with Crippen molar-refractivity contribution in [3.63, 3.8) is 0 Å². The standard InChI is InChI=1S/C15H15BrClNO/c1-10-8-13(4-2-11(10)6-7-18)19-15-5-3-12(17)9-14(15)16/h2-5,8-9H,6-7,18H2,1H3. The number of benzene rings is 2. The molecule has 0 amide bonds. The molecule has 0 spiro atoms. The number of aryl methyl sites for hydroxylation is 1. The molecule has 2 aromatic rings. The lowest BCUT2D eigenvalue weighted by molar-refractivity contribution is 0.479. The SMILES string of the molecule is Cc1cc(Oc2ccc(Cl)cc2Br)ccc1CCN. The minimum atomic E-state index is 0.657. The van der Waals surface area contributed by atoms with Crippen LogP contribution in [0, 0.1) is 6.92 Å². The molecule has 0 aliphatic carbocycles. The van der Waals surface area contributed by atoms with E-state index in [1.54, 1.807) is 6.07 Å². The monoisotopic (exact) mass is 339 g/mol. The first-order valence-corrected chi connectivity index (χ1v) is 7.20. The normalized spacial score (nSPS) is 10.5. The van der Waals surface area contributed by atoms with Gasteiger partial charge in [-0.3, -0.25) is 0 Å². The molecule has 0 saturated heterocycles. The van der Waals surface area contributed by atoms with E-state index in [1.165, 1.54) is 11.1 Å². The Bertz CT molecular complexity index is 586. The summed E-state index contributed by atoms with van der Waals surface area (Å²) in [6.07, 6.45) is 0.886. The Morgan fingerprint density at radius 1 is 1.21 bits per heavy atom. The fraction of sp³-hybridized carbons (Fsp3) is 0.200. The van der Waals surface area contributed by atoms with Gasteiger partial charge in [-0.15, -0.1) is 0 Å². The summed E-state index contributed by atoms with van der Waals surface area (Å²) in [4.78, 5) is 0. The molecule has 100 valence electrons. The molecule has 0 bridgehead atoms. The van der Waals surface area contributed by atoms with Gasteiger partial charge in [0.15, 0.2) is 0 Å². The third kappa shape index (κ3) is 3.72. The Morgan fingerprint density at radius 3 is 2.63 bits per heavy atom. The van der Waals surface area contributed by atoms with E-state index in [-0.39, 0.29) is 0 Å². The molecular formula is C15H15BrClNO. The maximum absolute atomic E-state index is 5.90. The van der Waals surface area contributed by atoms with E-state index in [9.17, 15) is 0 Å². The Hall–Kier alpha value is -1.03. The largest absolute Gasteiger partial charge is 0.456 e. The van der Waals surface area contributed by atoms with Gasteiger partial charge < -0.3 is 10.5 Å². The summed E-state index contributed by atoms with van der Waals surface area (Å²) < 4.78 is 6.68. The molecule has 19 heavy (non-hydrogen) atoms. The average Bonchev–Trinajstić information content (AvgIpc) is 2.36. The minimum Gasteiger partial charge on any atom is -0.456 e. The van der Waals surface area contributed by atoms with E-state index in [4.69, 9.17) is 22.1 Å². The highest BCUT2D eigenvalue weighted by molar-refractivity contribution is 9.10. The van der Waals surface area contributed by atoms with Crippen LogP contribution in [0.2, 0.25) is 5.02 Å². The minimum absolute atomic E-state index is 0.657. The van der Waals surface area contributed by atoms with E-state index < -0.39 is 0 Å². The van der Waals surface area contributed by atoms with Gasteiger partial charge in [-0.1, -0.05) is 17.7 Å². The number of nitrogens with two attached hydrogens (primary N) is 1. The van der Waals surface area contributed by atoms with Gasteiger partial charge in [-0.05, 0) is 77.3 Å². The van der Waals surface area contributed by atoms with Crippen molar-refractivity contribution in [2.75, 3.05) is 6.54 Å². The Balaban J connectivity index is 2.21. The van der Waals surface area contributed by atoms with E-state index in [0.717, 1.165) is 22.4 Å². The molecule has 2 rings (SSSR count). The predicted molar refractivity (Wildman–Crippen MR) is 83.2 cm³/mol. The highest BCUT2D eigenvalue weighted by atomic mass is 79.9. The molecule has 4 heteroatoms. The van der Waals surface area contributed by atoms with Crippen LogP contribution in [0.3, 0.4) is 0 Å². The molecule has 2 N–H and O–H groups in total. The molecule has 0 fully saturated rings. The molecule has 0 unspecified atom stereocenters. The third-order valence-electron chi connectivity index (χ3n) is 2.85. The first-order chi connectivity index (χ1) is 9.10. The van der Waals surface area contributed by atoms with Crippen LogP contribution in [0.4, 0.5) is 0 Å². The van der Waals surface area contributed by atoms with E-state index in [0.29, 0.717) is 11.6 Å². The van der Waals surface area contributed by atoms with E-state index >= 15 is 0 Å². The number of hydrogen-bond donors (Lipinski definition) is 1. The van der Waals surface area contributed by atoms with Crippen LogP contribution in [-0.2, 0) is 6.42 Å². The fourth-order valence-corrected chi connectivity index (χ4v) is 2.62. The van der Waals surface area contributed by atoms with Crippen molar-refractivity contribution >= 4 is 27.5 Å². The molecule has 0 heterocycles. The summed E-state index contributed by atoms with van der Waals surface area (Å²) >= 11 is 9.34. The number of halogens is 2. The van der Waals surface area contributed by atoms with Crippen LogP contribution in [-0.4, -0.2) is 6.54 Å². The maximum Gasteiger partial charge on any atom is 0.141 e. The smallest absolute Gasteiger partial charge is 0.141 e. The van der Waals surface area contributed by atoms with Crippen molar-refractivity contribution in [3.05, 3.63) is 57.0 Å². The summed E-state index contributed by atoms with van der Waals surface area (Å²) in [7, 11) is 0. The van der Waals surface area contributed by atoms with Crippen molar-refractivity contribution in [1.82, 2.24) is 0 Å². The quantitative estimate of drug-likeness (QED) is 0.875. The molecule has 2 nitrogen and oxygen atoms in total. The van der Waals surface area contributed by atoms with Gasteiger partial charge in [0.05, 0.1) is 4.47 Å². The predicted octanol–water partition coefficient (Wildman–Crippen LogP) is 4.70. The molecule has 0 saturated carbocycles. The van der Waals surface area contributed by atoms with E-state index in [1.807, 2.05) is 24.3 Å². The van der Waals surface area contributed by atoms with Crippen LogP contribution in [0.15, 0.2) is 40.9 Å². The zero-order valence-electron chi connectivity index (χ0n) is 10.6. The molecule has 0 radical (unpaired) electrons. The first kappa shape index (κ1) is 14.4. The zero-order chi connectivity index (χ0) is 13.8. The Morgan fingerprint density at radius 2 is 2.00 bits per heavy atom. The summed E-state index contributed by atoms with van der Waals surface area (Å²) in [5, 5.41) is 0.675. The highest BCUT2D eigenvalue weighted by Gasteiger charge is 2.05. The van der Waals surface area contributed by atoms with Crippen molar-refractivity contribution < 1.29 is 4.74 Å². The third-order valence-corrected chi connectivity index (χ3v) is 3.70. The lowest BCUT2D eigenvalue weighted by atomic mass is 10.1. The van der Waals surface area contributed by atoms with Gasteiger partial charge in [-0.25, -0.2) is 0 Å². The molecule has 0 aliphatic rings. The maximum atomic E-state index is 5.90. The second-order valence-corrected chi connectivity index (χ2v) is 5.59. The van der Waals surface area contributed by atoms with Crippen molar-refractivity contribution in [1.29, 1.82) is 0 Å². The number of rotatable bonds is 4. The molecule has 0 aromatic heterocycles. The van der Waals surface area contributed by atoms with Crippen LogP contribution >= 0.6 is 27.5 Å².